The number of para-hydroxylation sites is 1. The molecule has 1 unspecified atom stereocenters. The molecule has 1 atom stereocenters. The lowest BCUT2D eigenvalue weighted by Gasteiger charge is -2.22. The standard InChI is InChI=1S/C27H27N3O4S/c1-3-5-8-15-33-18-12-9-11-17(16-18)23-22-24(31)19-13-6-7-14-20(19)34-25(22)26(32)30(23)27-29-28-21(35-27)10-4-2/h6-7,9,11-14,16,23H,3-5,8,10,15H2,1-2H3. The zero-order valence-electron chi connectivity index (χ0n) is 19.8. The lowest BCUT2D eigenvalue weighted by atomic mass is 9.98. The molecule has 0 N–H and O–H groups in total. The van der Waals surface area contributed by atoms with Crippen LogP contribution in [0.3, 0.4) is 0 Å². The second-order valence-corrected chi connectivity index (χ2v) is 9.64. The van der Waals surface area contributed by atoms with Crippen LogP contribution in [0.1, 0.15) is 72.3 Å². The lowest BCUT2D eigenvalue weighted by molar-refractivity contribution is 0.0970. The number of unbranched alkanes of at least 4 members (excludes halogenated alkanes) is 2. The number of rotatable bonds is 9. The molecule has 2 aromatic heterocycles. The van der Waals surface area contributed by atoms with Gasteiger partial charge in [0.05, 0.1) is 23.6 Å². The van der Waals surface area contributed by atoms with Crippen LogP contribution in [0.15, 0.2) is 57.7 Å². The van der Waals surface area contributed by atoms with Gasteiger partial charge < -0.3 is 9.15 Å². The Balaban J connectivity index is 1.63. The number of benzene rings is 2. The first kappa shape index (κ1) is 23.2. The van der Waals surface area contributed by atoms with Gasteiger partial charge in [-0.15, -0.1) is 10.2 Å². The first-order valence-corrected chi connectivity index (χ1v) is 12.9. The molecule has 1 aliphatic heterocycles. The van der Waals surface area contributed by atoms with Crippen molar-refractivity contribution in [3.63, 3.8) is 0 Å². The Hall–Kier alpha value is -3.52. The van der Waals surface area contributed by atoms with Crippen LogP contribution < -0.4 is 15.1 Å². The zero-order valence-corrected chi connectivity index (χ0v) is 20.6. The number of hydrogen-bond acceptors (Lipinski definition) is 7. The SMILES string of the molecule is CCCCCOc1cccc(C2c3c(oc4ccccc4c3=O)C(=O)N2c2nnc(CCC)s2)c1. The number of carbonyl (C=O) groups excluding carboxylic acids is 1. The molecule has 180 valence electrons. The summed E-state index contributed by atoms with van der Waals surface area (Å²) in [6, 6.07) is 13.9. The van der Waals surface area contributed by atoms with Crippen molar-refractivity contribution >= 4 is 33.3 Å². The van der Waals surface area contributed by atoms with Gasteiger partial charge in [-0.3, -0.25) is 14.5 Å². The predicted molar refractivity (Wildman–Crippen MR) is 137 cm³/mol. The molecule has 1 amide bonds. The molecule has 5 rings (SSSR count). The van der Waals surface area contributed by atoms with Gasteiger partial charge in [-0.25, -0.2) is 0 Å². The number of fused-ring (bicyclic) bond motifs is 2. The summed E-state index contributed by atoms with van der Waals surface area (Å²) in [6.07, 6.45) is 4.89. The van der Waals surface area contributed by atoms with Crippen molar-refractivity contribution in [3.05, 3.63) is 80.6 Å². The summed E-state index contributed by atoms with van der Waals surface area (Å²) in [5, 5.41) is 10.3. The maximum Gasteiger partial charge on any atom is 0.297 e. The summed E-state index contributed by atoms with van der Waals surface area (Å²) in [5.74, 6) is 0.370. The largest absolute Gasteiger partial charge is 0.494 e. The molecule has 0 spiro atoms. The third-order valence-corrected chi connectivity index (χ3v) is 7.08. The first-order chi connectivity index (χ1) is 17.1. The summed E-state index contributed by atoms with van der Waals surface area (Å²) in [6.45, 7) is 4.84. The molecule has 0 bridgehead atoms. The Morgan fingerprint density at radius 1 is 1.03 bits per heavy atom. The van der Waals surface area contributed by atoms with Gasteiger partial charge in [-0.1, -0.05) is 62.3 Å². The van der Waals surface area contributed by atoms with E-state index in [9.17, 15) is 9.59 Å². The van der Waals surface area contributed by atoms with E-state index < -0.39 is 6.04 Å². The Labute approximate surface area is 207 Å². The second-order valence-electron chi connectivity index (χ2n) is 8.60. The van der Waals surface area contributed by atoms with E-state index in [0.717, 1.165) is 42.7 Å². The Bertz CT molecular complexity index is 1430. The van der Waals surface area contributed by atoms with Crippen molar-refractivity contribution < 1.29 is 13.9 Å². The quantitative estimate of drug-likeness (QED) is 0.272. The van der Waals surface area contributed by atoms with E-state index in [1.54, 1.807) is 29.2 Å². The van der Waals surface area contributed by atoms with Crippen molar-refractivity contribution in [1.82, 2.24) is 10.2 Å². The maximum atomic E-state index is 13.7. The number of anilines is 1. The van der Waals surface area contributed by atoms with E-state index in [-0.39, 0.29) is 17.1 Å². The van der Waals surface area contributed by atoms with Crippen LogP contribution in [0, 0.1) is 0 Å². The highest BCUT2D eigenvalue weighted by atomic mass is 32.1. The highest BCUT2D eigenvalue weighted by Gasteiger charge is 2.45. The normalized spacial score (nSPS) is 15.1. The van der Waals surface area contributed by atoms with E-state index in [4.69, 9.17) is 9.15 Å². The Morgan fingerprint density at radius 2 is 1.89 bits per heavy atom. The summed E-state index contributed by atoms with van der Waals surface area (Å²) >= 11 is 1.37. The molecule has 0 fully saturated rings. The van der Waals surface area contributed by atoms with Crippen molar-refractivity contribution in [1.29, 1.82) is 0 Å². The molecule has 3 heterocycles. The number of ether oxygens (including phenoxy) is 1. The van der Waals surface area contributed by atoms with Crippen LogP contribution in [0.5, 0.6) is 5.75 Å². The average molecular weight is 490 g/mol. The monoisotopic (exact) mass is 489 g/mol. The molecule has 1 aliphatic rings. The van der Waals surface area contributed by atoms with Gasteiger partial charge in [0.2, 0.25) is 10.9 Å². The number of aromatic nitrogens is 2. The Morgan fingerprint density at radius 3 is 2.71 bits per heavy atom. The number of nitrogens with zero attached hydrogens (tertiary/aromatic N) is 3. The van der Waals surface area contributed by atoms with Gasteiger partial charge in [-0.05, 0) is 42.7 Å². The van der Waals surface area contributed by atoms with E-state index in [2.05, 4.69) is 24.0 Å². The highest BCUT2D eigenvalue weighted by molar-refractivity contribution is 7.15. The summed E-state index contributed by atoms with van der Waals surface area (Å²) in [5.41, 5.74) is 1.27. The first-order valence-electron chi connectivity index (χ1n) is 12.1. The van der Waals surface area contributed by atoms with Crippen LogP contribution in [-0.2, 0) is 6.42 Å². The fraction of sp³-hybridized carbons (Fsp3) is 0.333. The molecule has 0 radical (unpaired) electrons. The minimum Gasteiger partial charge on any atom is -0.494 e. The zero-order chi connectivity index (χ0) is 24.4. The summed E-state index contributed by atoms with van der Waals surface area (Å²) in [4.78, 5) is 28.9. The van der Waals surface area contributed by atoms with E-state index in [1.165, 1.54) is 11.3 Å². The van der Waals surface area contributed by atoms with E-state index in [1.807, 2.05) is 24.3 Å². The third kappa shape index (κ3) is 4.34. The van der Waals surface area contributed by atoms with Crippen LogP contribution >= 0.6 is 11.3 Å². The smallest absolute Gasteiger partial charge is 0.297 e. The van der Waals surface area contributed by atoms with Gasteiger partial charge in [-0.2, -0.15) is 0 Å². The van der Waals surface area contributed by atoms with Gasteiger partial charge in [0.1, 0.15) is 16.3 Å². The number of aryl methyl sites for hydroxylation is 1. The fourth-order valence-electron chi connectivity index (χ4n) is 4.41. The van der Waals surface area contributed by atoms with Crippen molar-refractivity contribution in [2.45, 2.75) is 52.0 Å². The molecular weight excluding hydrogens is 462 g/mol. The average Bonchev–Trinajstić information content (AvgIpc) is 3.45. The molecule has 0 saturated heterocycles. The molecule has 0 saturated carbocycles. The maximum absolute atomic E-state index is 13.7. The van der Waals surface area contributed by atoms with Gasteiger partial charge in [0.25, 0.3) is 5.91 Å². The van der Waals surface area contributed by atoms with Crippen molar-refractivity contribution in [2.75, 3.05) is 11.5 Å². The van der Waals surface area contributed by atoms with E-state index in [0.29, 0.717) is 34.0 Å². The van der Waals surface area contributed by atoms with Crippen LogP contribution in [0.2, 0.25) is 0 Å². The second kappa shape index (κ2) is 10.00. The van der Waals surface area contributed by atoms with Gasteiger partial charge in [0.15, 0.2) is 5.43 Å². The minimum absolute atomic E-state index is 0.0557. The molecule has 0 aliphatic carbocycles. The highest BCUT2D eigenvalue weighted by Crippen LogP contribution is 2.42. The van der Waals surface area contributed by atoms with Crippen LogP contribution in [0.4, 0.5) is 5.13 Å². The van der Waals surface area contributed by atoms with Crippen LogP contribution in [-0.4, -0.2) is 22.7 Å². The van der Waals surface area contributed by atoms with Gasteiger partial charge in [0, 0.05) is 6.42 Å². The van der Waals surface area contributed by atoms with E-state index >= 15 is 0 Å². The lowest BCUT2D eigenvalue weighted by Crippen LogP contribution is -2.29. The summed E-state index contributed by atoms with van der Waals surface area (Å²) in [7, 11) is 0. The number of hydrogen-bond donors (Lipinski definition) is 0. The molecule has 7 nitrogen and oxygen atoms in total. The van der Waals surface area contributed by atoms with Crippen LogP contribution in [0.25, 0.3) is 11.0 Å². The fourth-order valence-corrected chi connectivity index (χ4v) is 5.37. The summed E-state index contributed by atoms with van der Waals surface area (Å²) < 4.78 is 12.0. The van der Waals surface area contributed by atoms with Gasteiger partial charge >= 0.3 is 0 Å². The topological polar surface area (TPSA) is 85.5 Å². The number of amides is 1. The van der Waals surface area contributed by atoms with Crippen molar-refractivity contribution in [2.24, 2.45) is 0 Å². The number of carbonyl (C=O) groups is 1. The molecular formula is C27H27N3O4S. The molecule has 4 aromatic rings. The predicted octanol–water partition coefficient (Wildman–Crippen LogP) is 5.92. The third-order valence-electron chi connectivity index (χ3n) is 6.09. The van der Waals surface area contributed by atoms with Crippen molar-refractivity contribution in [3.8, 4) is 5.75 Å². The molecule has 8 heteroatoms. The molecule has 2 aromatic carbocycles. The molecule has 35 heavy (non-hydrogen) atoms. The minimum atomic E-state index is -0.681. The Kier molecular flexibility index (Phi) is 6.63.